The lowest BCUT2D eigenvalue weighted by Crippen LogP contribution is -1.99. The molecule has 0 fully saturated rings. The number of carboxylic acid groups (broad SMARTS) is 1. The number of pyridine rings is 1. The van der Waals surface area contributed by atoms with Gasteiger partial charge in [-0.2, -0.15) is 0 Å². The van der Waals surface area contributed by atoms with Crippen molar-refractivity contribution in [1.29, 1.82) is 0 Å². The zero-order valence-electron chi connectivity index (χ0n) is 8.37. The maximum Gasteiger partial charge on any atom is 0.354 e. The van der Waals surface area contributed by atoms with Crippen molar-refractivity contribution in [3.8, 4) is 0 Å². The van der Waals surface area contributed by atoms with Gasteiger partial charge in [0.2, 0.25) is 0 Å². The average Bonchev–Trinajstić information content (AvgIpc) is 2.29. The smallest absolute Gasteiger partial charge is 0.354 e. The second-order valence-corrected chi connectivity index (χ2v) is 4.45. The van der Waals surface area contributed by atoms with Gasteiger partial charge in [-0.05, 0) is 12.1 Å². The minimum Gasteiger partial charge on any atom is -0.477 e. The molecule has 86 valence electrons. The Labute approximate surface area is 106 Å². The Balaban J connectivity index is 2.24. The lowest BCUT2D eigenvalue weighted by molar-refractivity contribution is 0.0690. The molecule has 7 heteroatoms. The summed E-state index contributed by atoms with van der Waals surface area (Å²) < 4.78 is 0. The van der Waals surface area contributed by atoms with Crippen molar-refractivity contribution < 1.29 is 9.90 Å². The van der Waals surface area contributed by atoms with Crippen LogP contribution in [0.15, 0.2) is 40.6 Å². The third-order valence-electron chi connectivity index (χ3n) is 1.76. The number of halogens is 1. The minimum absolute atomic E-state index is 0.00927. The molecule has 2 aromatic heterocycles. The summed E-state index contributed by atoms with van der Waals surface area (Å²) in [6, 6.07) is 3.16. The van der Waals surface area contributed by atoms with Gasteiger partial charge in [0.15, 0.2) is 0 Å². The lowest BCUT2D eigenvalue weighted by Gasteiger charge is -2.01. The summed E-state index contributed by atoms with van der Waals surface area (Å²) in [7, 11) is 0. The van der Waals surface area contributed by atoms with Crippen molar-refractivity contribution >= 4 is 29.3 Å². The highest BCUT2D eigenvalue weighted by Gasteiger charge is 2.06. The van der Waals surface area contributed by atoms with E-state index in [0.29, 0.717) is 15.1 Å². The zero-order chi connectivity index (χ0) is 12.3. The molecule has 0 aromatic carbocycles. The van der Waals surface area contributed by atoms with E-state index in [0.717, 1.165) is 0 Å². The Morgan fingerprint density at radius 1 is 1.41 bits per heavy atom. The second kappa shape index (κ2) is 5.11. The summed E-state index contributed by atoms with van der Waals surface area (Å²) in [5.41, 5.74) is -0.00927. The highest BCUT2D eigenvalue weighted by atomic mass is 35.5. The van der Waals surface area contributed by atoms with Crippen LogP contribution >= 0.6 is 23.4 Å². The molecule has 0 unspecified atom stereocenters. The first kappa shape index (κ1) is 11.8. The van der Waals surface area contributed by atoms with E-state index in [1.54, 1.807) is 12.3 Å². The molecule has 2 rings (SSSR count). The first-order chi connectivity index (χ1) is 8.15. The van der Waals surface area contributed by atoms with Crippen LogP contribution in [-0.4, -0.2) is 26.0 Å². The molecule has 2 heterocycles. The van der Waals surface area contributed by atoms with E-state index in [1.165, 1.54) is 30.2 Å². The summed E-state index contributed by atoms with van der Waals surface area (Å²) in [6.07, 6.45) is 4.42. The second-order valence-electron chi connectivity index (χ2n) is 2.96. The summed E-state index contributed by atoms with van der Waals surface area (Å²) in [6.45, 7) is 0. The van der Waals surface area contributed by atoms with Crippen molar-refractivity contribution in [2.24, 2.45) is 0 Å². The molecule has 0 saturated heterocycles. The van der Waals surface area contributed by atoms with Gasteiger partial charge in [0.25, 0.3) is 0 Å². The number of rotatable bonds is 3. The van der Waals surface area contributed by atoms with Crippen LogP contribution in [-0.2, 0) is 0 Å². The fourth-order valence-corrected chi connectivity index (χ4v) is 2.08. The summed E-state index contributed by atoms with van der Waals surface area (Å²) in [4.78, 5) is 23.1. The Kier molecular flexibility index (Phi) is 3.55. The maximum absolute atomic E-state index is 10.7. The van der Waals surface area contributed by atoms with Gasteiger partial charge >= 0.3 is 5.97 Å². The molecule has 0 bridgehead atoms. The first-order valence-electron chi connectivity index (χ1n) is 4.50. The van der Waals surface area contributed by atoms with E-state index in [-0.39, 0.29) is 5.69 Å². The van der Waals surface area contributed by atoms with Gasteiger partial charge in [0.1, 0.15) is 15.9 Å². The summed E-state index contributed by atoms with van der Waals surface area (Å²) in [5, 5.41) is 9.69. The zero-order valence-corrected chi connectivity index (χ0v) is 9.94. The van der Waals surface area contributed by atoms with Crippen molar-refractivity contribution in [2.75, 3.05) is 0 Å². The number of carbonyl (C=O) groups is 1. The number of aromatic nitrogens is 3. The van der Waals surface area contributed by atoms with Crippen LogP contribution < -0.4 is 0 Å². The van der Waals surface area contributed by atoms with E-state index in [4.69, 9.17) is 16.7 Å². The van der Waals surface area contributed by atoms with Crippen LogP contribution in [0.4, 0.5) is 0 Å². The minimum atomic E-state index is -1.07. The molecule has 0 saturated carbocycles. The standard InChI is InChI=1S/C10H6ClN3O2S/c11-8-4-12-5-9(14-8)17-6-1-2-13-7(3-6)10(15)16/h1-5H,(H,15,16). The van der Waals surface area contributed by atoms with Gasteiger partial charge in [0, 0.05) is 11.1 Å². The number of carboxylic acids is 1. The highest BCUT2D eigenvalue weighted by molar-refractivity contribution is 7.99. The van der Waals surface area contributed by atoms with Gasteiger partial charge in [-0.1, -0.05) is 23.4 Å². The molecule has 2 aromatic rings. The van der Waals surface area contributed by atoms with Crippen molar-refractivity contribution in [2.45, 2.75) is 9.92 Å². The molecule has 0 atom stereocenters. The van der Waals surface area contributed by atoms with Crippen LogP contribution in [0.1, 0.15) is 10.5 Å². The summed E-state index contributed by atoms with van der Waals surface area (Å²) >= 11 is 6.97. The molecule has 17 heavy (non-hydrogen) atoms. The molecule has 0 radical (unpaired) electrons. The van der Waals surface area contributed by atoms with E-state index >= 15 is 0 Å². The maximum atomic E-state index is 10.7. The number of nitrogens with zero attached hydrogens (tertiary/aromatic N) is 3. The quantitative estimate of drug-likeness (QED) is 0.920. The van der Waals surface area contributed by atoms with E-state index in [1.807, 2.05) is 0 Å². The molecule has 0 spiro atoms. The van der Waals surface area contributed by atoms with Gasteiger partial charge in [-0.3, -0.25) is 4.98 Å². The largest absolute Gasteiger partial charge is 0.477 e. The van der Waals surface area contributed by atoms with Crippen molar-refractivity contribution in [3.05, 3.63) is 41.6 Å². The molecule has 0 aliphatic heterocycles. The predicted octanol–water partition coefficient (Wildman–Crippen LogP) is 2.37. The number of hydrogen-bond acceptors (Lipinski definition) is 5. The van der Waals surface area contributed by atoms with Crippen LogP contribution in [0.3, 0.4) is 0 Å². The molecular weight excluding hydrogens is 262 g/mol. The Morgan fingerprint density at radius 2 is 2.24 bits per heavy atom. The highest BCUT2D eigenvalue weighted by Crippen LogP contribution is 2.26. The Bertz CT molecular complexity index is 565. The fraction of sp³-hybridized carbons (Fsp3) is 0. The normalized spacial score (nSPS) is 10.2. The van der Waals surface area contributed by atoms with Crippen molar-refractivity contribution in [1.82, 2.24) is 15.0 Å². The SMILES string of the molecule is O=C(O)c1cc(Sc2cncc(Cl)n2)ccn1. The van der Waals surface area contributed by atoms with E-state index in [2.05, 4.69) is 15.0 Å². The monoisotopic (exact) mass is 267 g/mol. The molecule has 5 nitrogen and oxygen atoms in total. The molecular formula is C10H6ClN3O2S. The van der Waals surface area contributed by atoms with Gasteiger partial charge in [-0.15, -0.1) is 0 Å². The molecule has 1 N–H and O–H groups in total. The van der Waals surface area contributed by atoms with Crippen LogP contribution in [0.25, 0.3) is 0 Å². The number of hydrogen-bond donors (Lipinski definition) is 1. The summed E-state index contributed by atoms with van der Waals surface area (Å²) in [5.74, 6) is -1.07. The topological polar surface area (TPSA) is 76.0 Å². The average molecular weight is 268 g/mol. The lowest BCUT2D eigenvalue weighted by atomic mass is 10.3. The van der Waals surface area contributed by atoms with Gasteiger partial charge in [0.05, 0.1) is 12.4 Å². The molecule has 0 amide bonds. The first-order valence-corrected chi connectivity index (χ1v) is 5.69. The van der Waals surface area contributed by atoms with Gasteiger partial charge in [-0.25, -0.2) is 14.8 Å². The molecule has 0 aliphatic carbocycles. The van der Waals surface area contributed by atoms with Crippen LogP contribution in [0, 0.1) is 0 Å². The number of aromatic carboxylic acids is 1. The fourth-order valence-electron chi connectivity index (χ4n) is 1.09. The Hall–Kier alpha value is -1.66. The van der Waals surface area contributed by atoms with Crippen LogP contribution in [0.5, 0.6) is 0 Å². The predicted molar refractivity (Wildman–Crippen MR) is 62.4 cm³/mol. The molecule has 0 aliphatic rings. The van der Waals surface area contributed by atoms with Crippen molar-refractivity contribution in [3.63, 3.8) is 0 Å². The van der Waals surface area contributed by atoms with E-state index in [9.17, 15) is 4.79 Å². The van der Waals surface area contributed by atoms with E-state index < -0.39 is 5.97 Å². The van der Waals surface area contributed by atoms with Crippen LogP contribution in [0.2, 0.25) is 5.15 Å². The third-order valence-corrected chi connectivity index (χ3v) is 2.83. The third kappa shape index (κ3) is 3.15. The van der Waals surface area contributed by atoms with Gasteiger partial charge < -0.3 is 5.11 Å². The Morgan fingerprint density at radius 3 is 2.94 bits per heavy atom.